The summed E-state index contributed by atoms with van der Waals surface area (Å²) in [6, 6.07) is 17.4. The van der Waals surface area contributed by atoms with Crippen LogP contribution < -0.4 is 27.4 Å². The van der Waals surface area contributed by atoms with Crippen LogP contribution in [-0.4, -0.2) is 35.6 Å². The molecule has 0 saturated heterocycles. The molecule has 0 aliphatic carbocycles. The molecule has 0 aliphatic heterocycles. The van der Waals surface area contributed by atoms with Gasteiger partial charge in [0.15, 0.2) is 5.82 Å². The molecule has 13 heteroatoms. The Morgan fingerprint density at radius 2 is 1.88 bits per heavy atom. The second kappa shape index (κ2) is 12.0. The number of benzene rings is 2. The number of pyridine rings is 1. The number of carbonyl (C=O) groups excluding carboxylic acids is 1. The Balaban J connectivity index is 1.58. The van der Waals surface area contributed by atoms with Crippen molar-refractivity contribution in [2.45, 2.75) is 25.9 Å². The minimum absolute atomic E-state index is 0.141. The largest absolute Gasteiger partial charge is 0.382 e. The Bertz CT molecular complexity index is 1760. The lowest BCUT2D eigenvalue weighted by molar-refractivity contribution is 0.0706. The molecule has 1 unspecified atom stereocenters. The molecule has 1 atom stereocenters. The Labute approximate surface area is 239 Å². The first-order chi connectivity index (χ1) is 19.9. The van der Waals surface area contributed by atoms with E-state index in [-0.39, 0.29) is 28.5 Å². The van der Waals surface area contributed by atoms with E-state index in [0.29, 0.717) is 46.0 Å². The lowest BCUT2D eigenvalue weighted by atomic mass is 10.1. The van der Waals surface area contributed by atoms with Gasteiger partial charge in [-0.05, 0) is 42.8 Å². The molecule has 0 fully saturated rings. The van der Waals surface area contributed by atoms with Crippen molar-refractivity contribution >= 4 is 45.7 Å². The van der Waals surface area contributed by atoms with Gasteiger partial charge in [0.05, 0.1) is 40.4 Å². The number of nitrogens with zero attached hydrogens (tertiary/aromatic N) is 5. The van der Waals surface area contributed by atoms with Gasteiger partial charge in [0.2, 0.25) is 0 Å². The molecule has 5 aromatic rings. The number of amides is 1. The molecule has 6 N–H and O–H groups in total. The minimum atomic E-state index is -0.653. The van der Waals surface area contributed by atoms with E-state index in [4.69, 9.17) is 27.5 Å². The third kappa shape index (κ3) is 5.64. The lowest BCUT2D eigenvalue weighted by Gasteiger charge is -2.23. The van der Waals surface area contributed by atoms with E-state index < -0.39 is 11.9 Å². The van der Waals surface area contributed by atoms with E-state index in [1.165, 1.54) is 12.5 Å². The highest BCUT2D eigenvalue weighted by atomic mass is 35.5. The molecule has 3 aromatic heterocycles. The molecular weight excluding hydrogens is 546 g/mol. The second-order valence-corrected chi connectivity index (χ2v) is 9.38. The van der Waals surface area contributed by atoms with Crippen LogP contribution >= 0.6 is 11.6 Å². The SMILES string of the molecule is CCC(Nc1ncnc(N)c1Cl)c1nc2cccc(NCc3ccc(C(=O)NO)cn3)c2c(=O)n1-c1ccccc1. The lowest BCUT2D eigenvalue weighted by Crippen LogP contribution is -2.29. The number of halogens is 1. The molecule has 41 heavy (non-hydrogen) atoms. The van der Waals surface area contributed by atoms with Crippen molar-refractivity contribution in [3.63, 3.8) is 0 Å². The number of carbonyl (C=O) groups is 1. The van der Waals surface area contributed by atoms with Crippen LogP contribution in [0.25, 0.3) is 16.6 Å². The number of para-hydroxylation sites is 1. The standard InChI is InChI=1S/C28H26ClN9O3/c1-2-19(35-25-23(29)24(30)33-15-34-25)26-36-21-10-6-9-20(22(21)28(40)38(26)18-7-4-3-5-8-18)32-14-17-12-11-16(13-31-17)27(39)37-41/h3-13,15,19,32,41H,2,14H2,1H3,(H,37,39)(H3,30,33,34,35). The summed E-state index contributed by atoms with van der Waals surface area (Å²) in [7, 11) is 0. The number of nitrogen functional groups attached to an aromatic ring is 1. The average molecular weight is 572 g/mol. The smallest absolute Gasteiger partial charge is 0.276 e. The fraction of sp³-hybridized carbons (Fsp3) is 0.143. The predicted molar refractivity (Wildman–Crippen MR) is 156 cm³/mol. The molecule has 2 aromatic carbocycles. The van der Waals surface area contributed by atoms with Crippen LogP contribution in [0.4, 0.5) is 17.3 Å². The van der Waals surface area contributed by atoms with Gasteiger partial charge in [-0.15, -0.1) is 0 Å². The van der Waals surface area contributed by atoms with Crippen LogP contribution in [-0.2, 0) is 6.54 Å². The highest BCUT2D eigenvalue weighted by Crippen LogP contribution is 2.30. The molecule has 5 rings (SSSR count). The molecule has 0 aliphatic rings. The monoisotopic (exact) mass is 571 g/mol. The van der Waals surface area contributed by atoms with Crippen LogP contribution in [0.3, 0.4) is 0 Å². The van der Waals surface area contributed by atoms with Gasteiger partial charge in [0.1, 0.15) is 23.0 Å². The molecule has 208 valence electrons. The van der Waals surface area contributed by atoms with Crippen LogP contribution in [0.1, 0.15) is 41.3 Å². The zero-order valence-corrected chi connectivity index (χ0v) is 22.6. The second-order valence-electron chi connectivity index (χ2n) is 9.01. The number of hydrogen-bond acceptors (Lipinski definition) is 10. The van der Waals surface area contributed by atoms with Crippen molar-refractivity contribution in [2.24, 2.45) is 0 Å². The summed E-state index contributed by atoms with van der Waals surface area (Å²) in [6.07, 6.45) is 3.23. The Morgan fingerprint density at radius 3 is 2.59 bits per heavy atom. The number of nitrogens with one attached hydrogen (secondary N) is 3. The quantitative estimate of drug-likeness (QED) is 0.128. The summed E-state index contributed by atoms with van der Waals surface area (Å²) in [4.78, 5) is 43.2. The van der Waals surface area contributed by atoms with E-state index >= 15 is 0 Å². The molecule has 12 nitrogen and oxygen atoms in total. The fourth-order valence-corrected chi connectivity index (χ4v) is 4.52. The number of aromatic nitrogens is 5. The molecule has 0 spiro atoms. The van der Waals surface area contributed by atoms with Crippen molar-refractivity contribution in [1.82, 2.24) is 30.0 Å². The highest BCUT2D eigenvalue weighted by molar-refractivity contribution is 6.35. The molecular formula is C28H26ClN9O3. The zero-order valence-electron chi connectivity index (χ0n) is 21.9. The Morgan fingerprint density at radius 1 is 1.07 bits per heavy atom. The molecule has 0 bridgehead atoms. The summed E-state index contributed by atoms with van der Waals surface area (Å²) in [5, 5.41) is 15.9. The minimum Gasteiger partial charge on any atom is -0.382 e. The van der Waals surface area contributed by atoms with Gasteiger partial charge in [-0.1, -0.05) is 42.8 Å². The number of hydroxylamine groups is 1. The highest BCUT2D eigenvalue weighted by Gasteiger charge is 2.23. The van der Waals surface area contributed by atoms with Gasteiger partial charge in [-0.25, -0.2) is 20.4 Å². The number of anilines is 3. The van der Waals surface area contributed by atoms with Crippen molar-refractivity contribution < 1.29 is 10.0 Å². The van der Waals surface area contributed by atoms with Crippen molar-refractivity contribution in [2.75, 3.05) is 16.4 Å². The van der Waals surface area contributed by atoms with Crippen LogP contribution in [0.2, 0.25) is 5.02 Å². The van der Waals surface area contributed by atoms with Gasteiger partial charge in [-0.2, -0.15) is 0 Å². The summed E-state index contributed by atoms with van der Waals surface area (Å²) < 4.78 is 1.58. The van der Waals surface area contributed by atoms with Gasteiger partial charge < -0.3 is 16.4 Å². The van der Waals surface area contributed by atoms with Crippen molar-refractivity contribution in [3.8, 4) is 5.69 Å². The molecule has 0 radical (unpaired) electrons. The number of fused-ring (bicyclic) bond motifs is 1. The Hall–Kier alpha value is -5.07. The van der Waals surface area contributed by atoms with E-state index in [1.807, 2.05) is 43.3 Å². The van der Waals surface area contributed by atoms with Gasteiger partial charge in [0.25, 0.3) is 11.5 Å². The topological polar surface area (TPSA) is 173 Å². The third-order valence-corrected chi connectivity index (χ3v) is 6.81. The fourth-order valence-electron chi connectivity index (χ4n) is 4.37. The Kier molecular flexibility index (Phi) is 8.04. The van der Waals surface area contributed by atoms with Crippen molar-refractivity contribution in [1.29, 1.82) is 0 Å². The predicted octanol–water partition coefficient (Wildman–Crippen LogP) is 4.10. The number of rotatable bonds is 9. The first-order valence-electron chi connectivity index (χ1n) is 12.7. The summed E-state index contributed by atoms with van der Waals surface area (Å²) in [5.41, 5.74) is 9.74. The maximum Gasteiger partial charge on any atom is 0.276 e. The maximum absolute atomic E-state index is 14.2. The van der Waals surface area contributed by atoms with E-state index in [0.717, 1.165) is 0 Å². The van der Waals surface area contributed by atoms with E-state index in [1.54, 1.807) is 34.3 Å². The van der Waals surface area contributed by atoms with Gasteiger partial charge in [-0.3, -0.25) is 24.3 Å². The molecule has 3 heterocycles. The summed E-state index contributed by atoms with van der Waals surface area (Å²) >= 11 is 6.36. The zero-order chi connectivity index (χ0) is 28.9. The van der Waals surface area contributed by atoms with E-state index in [9.17, 15) is 9.59 Å². The summed E-state index contributed by atoms with van der Waals surface area (Å²) in [6.45, 7) is 2.24. The van der Waals surface area contributed by atoms with Gasteiger partial charge in [0, 0.05) is 11.9 Å². The maximum atomic E-state index is 14.2. The van der Waals surface area contributed by atoms with Crippen molar-refractivity contribution in [3.05, 3.63) is 106 Å². The third-order valence-electron chi connectivity index (χ3n) is 6.43. The molecule has 1 amide bonds. The average Bonchev–Trinajstić information content (AvgIpc) is 3.00. The van der Waals surface area contributed by atoms with E-state index in [2.05, 4.69) is 25.6 Å². The first kappa shape index (κ1) is 27.5. The summed E-state index contributed by atoms with van der Waals surface area (Å²) in [5.74, 6) is 0.300. The molecule has 0 saturated carbocycles. The number of hydrogen-bond donors (Lipinski definition) is 5. The normalized spacial score (nSPS) is 11.7. The number of nitrogens with two attached hydrogens (primary N) is 1. The van der Waals surface area contributed by atoms with Gasteiger partial charge >= 0.3 is 0 Å². The van der Waals surface area contributed by atoms with Crippen LogP contribution in [0.5, 0.6) is 0 Å². The first-order valence-corrected chi connectivity index (χ1v) is 13.1. The van der Waals surface area contributed by atoms with Crippen LogP contribution in [0.15, 0.2) is 78.0 Å². The van der Waals surface area contributed by atoms with Crippen LogP contribution in [0, 0.1) is 0 Å².